The molecule has 1 saturated heterocycles. The van der Waals surface area contributed by atoms with Crippen molar-refractivity contribution < 1.29 is 19.1 Å². The van der Waals surface area contributed by atoms with E-state index < -0.39 is 17.2 Å². The predicted octanol–water partition coefficient (Wildman–Crippen LogP) is 1.75. The summed E-state index contributed by atoms with van der Waals surface area (Å²) in [5.41, 5.74) is 5.77. The van der Waals surface area contributed by atoms with Crippen LogP contribution in [0.4, 0.5) is 10.2 Å². The highest BCUT2D eigenvalue weighted by molar-refractivity contribution is 5.95. The third-order valence-electron chi connectivity index (χ3n) is 5.44. The van der Waals surface area contributed by atoms with Crippen LogP contribution in [-0.4, -0.2) is 52.6 Å². The number of aromatic carboxylic acids is 1. The van der Waals surface area contributed by atoms with Crippen molar-refractivity contribution in [2.45, 2.75) is 32.2 Å². The number of hydrogen-bond acceptors (Lipinski definition) is 7. The predicted molar refractivity (Wildman–Crippen MR) is 110 cm³/mol. The van der Waals surface area contributed by atoms with Crippen LogP contribution in [0.5, 0.6) is 0 Å². The summed E-state index contributed by atoms with van der Waals surface area (Å²) in [6, 6.07) is 1.15. The smallest absolute Gasteiger partial charge is 0.341 e. The van der Waals surface area contributed by atoms with Gasteiger partial charge in [-0.2, -0.15) is 0 Å². The maximum absolute atomic E-state index is 15.0. The van der Waals surface area contributed by atoms with E-state index in [2.05, 4.69) is 10.1 Å². The summed E-state index contributed by atoms with van der Waals surface area (Å²) in [5, 5.41) is 13.5. The number of hydrogen-bond donors (Lipinski definition) is 2. The summed E-state index contributed by atoms with van der Waals surface area (Å²) in [6.45, 7) is 3.56. The van der Waals surface area contributed by atoms with Crippen LogP contribution in [0, 0.1) is 11.7 Å². The number of pyridine rings is 2. The van der Waals surface area contributed by atoms with Gasteiger partial charge in [0, 0.05) is 31.2 Å². The Labute approximate surface area is 171 Å². The van der Waals surface area contributed by atoms with Crippen molar-refractivity contribution in [3.8, 4) is 0 Å². The van der Waals surface area contributed by atoms with E-state index >= 15 is 0 Å². The second-order valence-corrected chi connectivity index (χ2v) is 7.71. The van der Waals surface area contributed by atoms with E-state index in [4.69, 9.17) is 10.6 Å². The first kappa shape index (κ1) is 20.3. The zero-order chi connectivity index (χ0) is 21.4. The molecule has 0 radical (unpaired) electrons. The Bertz CT molecular complexity index is 1080. The molecule has 0 amide bonds. The molecule has 3 heterocycles. The molecule has 4 rings (SSSR count). The third kappa shape index (κ3) is 3.62. The van der Waals surface area contributed by atoms with Gasteiger partial charge < -0.3 is 25.1 Å². The van der Waals surface area contributed by atoms with Crippen LogP contribution in [0.2, 0.25) is 0 Å². The molecule has 1 aliphatic carbocycles. The molecule has 0 spiro atoms. The minimum atomic E-state index is -1.33. The summed E-state index contributed by atoms with van der Waals surface area (Å²) in [5.74, 6) is -2.01. The van der Waals surface area contributed by atoms with Crippen LogP contribution < -0.4 is 16.1 Å². The Hall–Kier alpha value is -3.01. The van der Waals surface area contributed by atoms with E-state index in [0.29, 0.717) is 31.9 Å². The number of halogens is 1. The zero-order valence-electron chi connectivity index (χ0n) is 16.7. The Balaban J connectivity index is 1.77. The first-order chi connectivity index (χ1) is 14.4. The Morgan fingerprint density at radius 1 is 1.47 bits per heavy atom. The molecule has 9 nitrogen and oxygen atoms in total. The van der Waals surface area contributed by atoms with Gasteiger partial charge in [-0.05, 0) is 25.3 Å². The summed E-state index contributed by atoms with van der Waals surface area (Å²) in [7, 11) is 0. The highest BCUT2D eigenvalue weighted by Gasteiger charge is 2.33. The van der Waals surface area contributed by atoms with Gasteiger partial charge >= 0.3 is 5.97 Å². The summed E-state index contributed by atoms with van der Waals surface area (Å²) in [6.07, 6.45) is 3.86. The molecule has 2 fully saturated rings. The van der Waals surface area contributed by atoms with E-state index in [1.54, 1.807) is 9.47 Å². The molecule has 1 aliphatic heterocycles. The maximum atomic E-state index is 15.0. The fourth-order valence-electron chi connectivity index (χ4n) is 3.70. The zero-order valence-corrected chi connectivity index (χ0v) is 16.7. The highest BCUT2D eigenvalue weighted by atomic mass is 19.1. The molecule has 30 heavy (non-hydrogen) atoms. The Morgan fingerprint density at radius 3 is 2.87 bits per heavy atom. The molecule has 2 aromatic rings. The minimum absolute atomic E-state index is 0.0298. The molecule has 3 N–H and O–H groups in total. The molecular weight excluding hydrogens is 393 g/mol. The topological polar surface area (TPSA) is 123 Å². The van der Waals surface area contributed by atoms with Gasteiger partial charge in [0.2, 0.25) is 5.43 Å². The number of carbonyl (C=O) groups is 1. The summed E-state index contributed by atoms with van der Waals surface area (Å²) >= 11 is 0. The van der Waals surface area contributed by atoms with E-state index in [9.17, 15) is 19.1 Å². The third-order valence-corrected chi connectivity index (χ3v) is 5.44. The maximum Gasteiger partial charge on any atom is 0.341 e. The van der Waals surface area contributed by atoms with Crippen molar-refractivity contribution in [2.24, 2.45) is 16.8 Å². The number of anilines is 1. The van der Waals surface area contributed by atoms with Crippen molar-refractivity contribution in [3.05, 3.63) is 33.9 Å². The number of carboxylic acids is 1. The van der Waals surface area contributed by atoms with Crippen LogP contribution in [0.25, 0.3) is 11.0 Å². The first-order valence-electron chi connectivity index (χ1n) is 10.1. The van der Waals surface area contributed by atoms with Gasteiger partial charge in [-0.1, -0.05) is 12.1 Å². The van der Waals surface area contributed by atoms with E-state index in [0.717, 1.165) is 31.0 Å². The van der Waals surface area contributed by atoms with Crippen LogP contribution in [0.3, 0.4) is 0 Å². The van der Waals surface area contributed by atoms with Gasteiger partial charge in [0.15, 0.2) is 11.6 Å². The quantitative estimate of drug-likeness (QED) is 0.520. The largest absolute Gasteiger partial charge is 0.477 e. The van der Waals surface area contributed by atoms with Crippen molar-refractivity contribution in [1.29, 1.82) is 0 Å². The second-order valence-electron chi connectivity index (χ2n) is 7.71. The molecule has 2 aliphatic rings. The van der Waals surface area contributed by atoms with Gasteiger partial charge in [0.05, 0.1) is 17.6 Å². The Morgan fingerprint density at radius 2 is 2.23 bits per heavy atom. The lowest BCUT2D eigenvalue weighted by atomic mass is 10.1. The average Bonchev–Trinajstić information content (AvgIpc) is 3.48. The molecule has 160 valence electrons. The SMILES string of the molecule is CCCO/N=C1/CN(c2nc3c(cc2F)c(=O)c(C(=O)O)cn3C2CC2)CC1CN. The number of oxime groups is 1. The fourth-order valence-corrected chi connectivity index (χ4v) is 3.70. The highest BCUT2D eigenvalue weighted by Crippen LogP contribution is 2.37. The molecular formula is C20H24FN5O4. The van der Waals surface area contributed by atoms with Crippen LogP contribution >= 0.6 is 0 Å². The molecule has 0 aromatic carbocycles. The average molecular weight is 417 g/mol. The van der Waals surface area contributed by atoms with Crippen molar-refractivity contribution in [3.63, 3.8) is 0 Å². The number of nitrogens with zero attached hydrogens (tertiary/aromatic N) is 4. The van der Waals surface area contributed by atoms with E-state index in [-0.39, 0.29) is 28.7 Å². The van der Waals surface area contributed by atoms with Crippen molar-refractivity contribution in [2.75, 3.05) is 31.1 Å². The summed E-state index contributed by atoms with van der Waals surface area (Å²) < 4.78 is 16.7. The van der Waals surface area contributed by atoms with Gasteiger partial charge in [-0.25, -0.2) is 14.2 Å². The molecule has 2 aromatic heterocycles. The molecule has 1 saturated carbocycles. The standard InChI is InChI=1S/C20H24FN5O4/c1-2-5-30-24-16-10-25(8-11(16)7-22)19-15(21)6-13-17(27)14(20(28)29)9-26(12-3-4-12)18(13)23-19/h6,9,11-12H,2-5,7-8,10,22H2,1H3,(H,28,29)/b24-16-. The fraction of sp³-hybridized carbons (Fsp3) is 0.500. The minimum Gasteiger partial charge on any atom is -0.477 e. The Kier molecular flexibility index (Phi) is 5.42. The van der Waals surface area contributed by atoms with Gasteiger partial charge in [0.25, 0.3) is 0 Å². The van der Waals surface area contributed by atoms with Gasteiger partial charge in [-0.3, -0.25) is 4.79 Å². The van der Waals surface area contributed by atoms with Crippen molar-refractivity contribution >= 4 is 28.5 Å². The molecule has 0 bridgehead atoms. The number of aromatic nitrogens is 2. The number of nitrogens with two attached hydrogens (primary N) is 1. The normalized spacial score (nSPS) is 20.3. The molecule has 1 atom stereocenters. The lowest BCUT2D eigenvalue weighted by Gasteiger charge is -2.19. The van der Waals surface area contributed by atoms with Crippen LogP contribution in [0.15, 0.2) is 22.2 Å². The second kappa shape index (κ2) is 8.02. The van der Waals surface area contributed by atoms with E-state index in [1.165, 1.54) is 6.20 Å². The van der Waals surface area contributed by atoms with E-state index in [1.807, 2.05) is 6.92 Å². The number of fused-ring (bicyclic) bond motifs is 1. The lowest BCUT2D eigenvalue weighted by Crippen LogP contribution is -2.26. The number of rotatable bonds is 7. The monoisotopic (exact) mass is 417 g/mol. The first-order valence-corrected chi connectivity index (χ1v) is 10.1. The van der Waals surface area contributed by atoms with Crippen LogP contribution in [-0.2, 0) is 4.84 Å². The lowest BCUT2D eigenvalue weighted by molar-refractivity contribution is 0.0695. The number of carboxylic acid groups (broad SMARTS) is 1. The van der Waals surface area contributed by atoms with Gasteiger partial charge in [-0.15, -0.1) is 0 Å². The summed E-state index contributed by atoms with van der Waals surface area (Å²) in [4.78, 5) is 35.5. The molecule has 10 heteroatoms. The van der Waals surface area contributed by atoms with Gasteiger partial charge in [0.1, 0.15) is 17.8 Å². The van der Waals surface area contributed by atoms with Crippen LogP contribution in [0.1, 0.15) is 42.6 Å². The molecule has 1 unspecified atom stereocenters. The van der Waals surface area contributed by atoms with Crippen molar-refractivity contribution in [1.82, 2.24) is 9.55 Å².